The number of nitrogens with zero attached hydrogens (tertiary/aromatic N) is 2. The Kier molecular flexibility index (Phi) is 3.57. The van der Waals surface area contributed by atoms with E-state index < -0.39 is 23.8 Å². The van der Waals surface area contributed by atoms with Crippen LogP contribution in [0, 0.1) is 6.92 Å². The molecule has 4 rings (SSSR count). The van der Waals surface area contributed by atoms with E-state index >= 15 is 0 Å². The zero-order valence-electron chi connectivity index (χ0n) is 14.1. The molecule has 2 amide bonds. The first kappa shape index (κ1) is 16.0. The summed E-state index contributed by atoms with van der Waals surface area (Å²) in [6, 6.07) is 10.2. The molecule has 1 atom stereocenters. The number of carbonyl (C=O) groups excluding carboxylic acids is 3. The Morgan fingerprint density at radius 2 is 1.77 bits per heavy atom. The van der Waals surface area contributed by atoms with Crippen LogP contribution in [-0.2, 0) is 4.79 Å². The topological polar surface area (TPSA) is 89.7 Å². The van der Waals surface area contributed by atoms with Crippen LogP contribution in [0.5, 0.6) is 5.75 Å². The lowest BCUT2D eigenvalue weighted by Gasteiger charge is -2.20. The number of imide groups is 1. The van der Waals surface area contributed by atoms with E-state index in [4.69, 9.17) is 9.15 Å². The van der Waals surface area contributed by atoms with Gasteiger partial charge in [-0.15, -0.1) is 0 Å². The van der Waals surface area contributed by atoms with Crippen LogP contribution in [-0.4, -0.2) is 33.7 Å². The van der Waals surface area contributed by atoms with Crippen LogP contribution < -0.4 is 4.74 Å². The van der Waals surface area contributed by atoms with E-state index in [1.807, 2.05) is 0 Å². The summed E-state index contributed by atoms with van der Waals surface area (Å²) < 4.78 is 10.7. The van der Waals surface area contributed by atoms with Gasteiger partial charge in [0, 0.05) is 13.0 Å². The summed E-state index contributed by atoms with van der Waals surface area (Å²) in [6.45, 7) is 3.18. The van der Waals surface area contributed by atoms with Gasteiger partial charge in [0.15, 0.2) is 11.5 Å². The molecule has 1 aliphatic heterocycles. The summed E-state index contributed by atoms with van der Waals surface area (Å²) in [7, 11) is 0. The van der Waals surface area contributed by atoms with Crippen molar-refractivity contribution in [2.75, 3.05) is 0 Å². The Morgan fingerprint density at radius 1 is 1.12 bits per heavy atom. The van der Waals surface area contributed by atoms with Crippen molar-refractivity contribution in [3.05, 3.63) is 59.5 Å². The van der Waals surface area contributed by atoms with Crippen molar-refractivity contribution in [2.24, 2.45) is 0 Å². The predicted octanol–water partition coefficient (Wildman–Crippen LogP) is 2.73. The number of fused-ring (bicyclic) bond motifs is 2. The lowest BCUT2D eigenvalue weighted by atomic mass is 10.1. The van der Waals surface area contributed by atoms with Gasteiger partial charge in [-0.05, 0) is 31.2 Å². The van der Waals surface area contributed by atoms with E-state index in [-0.39, 0.29) is 16.9 Å². The molecule has 2 heterocycles. The Hall–Kier alpha value is -3.48. The minimum absolute atomic E-state index is 0.263. The molecule has 0 N–H and O–H groups in total. The van der Waals surface area contributed by atoms with Crippen molar-refractivity contribution >= 4 is 28.9 Å². The zero-order chi connectivity index (χ0) is 18.4. The summed E-state index contributed by atoms with van der Waals surface area (Å²) in [4.78, 5) is 42.5. The molecule has 1 aliphatic rings. The van der Waals surface area contributed by atoms with Gasteiger partial charge in [0.25, 0.3) is 11.8 Å². The molecule has 1 aromatic heterocycles. The van der Waals surface area contributed by atoms with E-state index in [0.29, 0.717) is 17.0 Å². The average Bonchev–Trinajstić information content (AvgIpc) is 3.11. The fourth-order valence-corrected chi connectivity index (χ4v) is 2.95. The SMILES string of the molecule is Cc1nc2cc(OC(=O)C(C)N3C(=O)c4ccccc4C3=O)ccc2o1. The molecule has 0 bridgehead atoms. The molecule has 130 valence electrons. The van der Waals surface area contributed by atoms with Crippen molar-refractivity contribution in [2.45, 2.75) is 19.9 Å². The van der Waals surface area contributed by atoms with Crippen LogP contribution in [0.15, 0.2) is 46.9 Å². The van der Waals surface area contributed by atoms with Crippen LogP contribution in [0.2, 0.25) is 0 Å². The molecule has 2 aromatic carbocycles. The van der Waals surface area contributed by atoms with Crippen LogP contribution in [0.3, 0.4) is 0 Å². The molecular weight excluding hydrogens is 336 g/mol. The Balaban J connectivity index is 1.56. The maximum Gasteiger partial charge on any atom is 0.334 e. The third-order valence-electron chi connectivity index (χ3n) is 4.24. The summed E-state index contributed by atoms with van der Waals surface area (Å²) in [6.07, 6.45) is 0. The molecule has 0 radical (unpaired) electrons. The number of oxazole rings is 1. The van der Waals surface area contributed by atoms with Crippen molar-refractivity contribution in [3.8, 4) is 5.75 Å². The molecule has 0 fully saturated rings. The van der Waals surface area contributed by atoms with Crippen LogP contribution >= 0.6 is 0 Å². The monoisotopic (exact) mass is 350 g/mol. The lowest BCUT2D eigenvalue weighted by Crippen LogP contribution is -2.44. The van der Waals surface area contributed by atoms with Crippen molar-refractivity contribution < 1.29 is 23.5 Å². The highest BCUT2D eigenvalue weighted by atomic mass is 16.5. The number of esters is 1. The minimum atomic E-state index is -1.06. The highest BCUT2D eigenvalue weighted by Gasteiger charge is 2.41. The predicted molar refractivity (Wildman–Crippen MR) is 90.8 cm³/mol. The van der Waals surface area contributed by atoms with Crippen molar-refractivity contribution in [1.82, 2.24) is 9.88 Å². The van der Waals surface area contributed by atoms with Gasteiger partial charge >= 0.3 is 5.97 Å². The summed E-state index contributed by atoms with van der Waals surface area (Å²) in [5.41, 5.74) is 1.71. The van der Waals surface area contributed by atoms with E-state index in [1.54, 1.807) is 49.4 Å². The van der Waals surface area contributed by atoms with Crippen LogP contribution in [0.1, 0.15) is 33.5 Å². The molecule has 0 saturated heterocycles. The number of amides is 2. The van der Waals surface area contributed by atoms with E-state index in [2.05, 4.69) is 4.98 Å². The van der Waals surface area contributed by atoms with E-state index in [1.165, 1.54) is 6.92 Å². The third-order valence-corrected chi connectivity index (χ3v) is 4.24. The molecule has 7 heteroatoms. The van der Waals surface area contributed by atoms with Gasteiger partial charge in [-0.1, -0.05) is 12.1 Å². The van der Waals surface area contributed by atoms with Crippen molar-refractivity contribution in [3.63, 3.8) is 0 Å². The number of aromatic nitrogens is 1. The average molecular weight is 350 g/mol. The van der Waals surface area contributed by atoms with E-state index in [0.717, 1.165) is 4.90 Å². The fourth-order valence-electron chi connectivity index (χ4n) is 2.95. The summed E-state index contributed by atoms with van der Waals surface area (Å²) >= 11 is 0. The van der Waals surface area contributed by atoms with Crippen LogP contribution in [0.25, 0.3) is 11.1 Å². The minimum Gasteiger partial charge on any atom is -0.441 e. The summed E-state index contributed by atoms with van der Waals surface area (Å²) in [5, 5.41) is 0. The highest BCUT2D eigenvalue weighted by Crippen LogP contribution is 2.26. The molecule has 7 nitrogen and oxygen atoms in total. The number of ether oxygens (including phenoxy) is 1. The fraction of sp³-hybridized carbons (Fsp3) is 0.158. The quantitative estimate of drug-likeness (QED) is 0.410. The normalized spacial score (nSPS) is 14.6. The van der Waals surface area contributed by atoms with E-state index in [9.17, 15) is 14.4 Å². The molecule has 26 heavy (non-hydrogen) atoms. The number of hydrogen-bond acceptors (Lipinski definition) is 6. The first-order valence-corrected chi connectivity index (χ1v) is 8.01. The number of rotatable bonds is 3. The maximum absolute atomic E-state index is 12.5. The second-order valence-electron chi connectivity index (χ2n) is 5.99. The molecular formula is C19H14N2O5. The molecule has 0 aliphatic carbocycles. The molecule has 1 unspecified atom stereocenters. The third kappa shape index (κ3) is 2.45. The Morgan fingerprint density at radius 3 is 2.42 bits per heavy atom. The van der Waals surface area contributed by atoms with Gasteiger partial charge in [0.1, 0.15) is 17.3 Å². The maximum atomic E-state index is 12.5. The standard InChI is InChI=1S/C19H14N2O5/c1-10(21-17(22)13-5-3-4-6-14(13)18(21)23)19(24)26-12-7-8-16-15(9-12)20-11(2)25-16/h3-10H,1-2H3. The second kappa shape index (κ2) is 5.80. The van der Waals surface area contributed by atoms with Gasteiger partial charge in [-0.2, -0.15) is 0 Å². The second-order valence-corrected chi connectivity index (χ2v) is 5.99. The Labute approximate surface area is 148 Å². The number of aryl methyl sites for hydroxylation is 1. The van der Waals surface area contributed by atoms with Gasteiger partial charge in [-0.3, -0.25) is 14.5 Å². The highest BCUT2D eigenvalue weighted by molar-refractivity contribution is 6.22. The van der Waals surface area contributed by atoms with Gasteiger partial charge in [0.2, 0.25) is 0 Å². The van der Waals surface area contributed by atoms with Gasteiger partial charge in [-0.25, -0.2) is 9.78 Å². The first-order chi connectivity index (χ1) is 12.5. The van der Waals surface area contributed by atoms with Crippen LogP contribution in [0.4, 0.5) is 0 Å². The van der Waals surface area contributed by atoms with Crippen molar-refractivity contribution in [1.29, 1.82) is 0 Å². The van der Waals surface area contributed by atoms with Gasteiger partial charge < -0.3 is 9.15 Å². The van der Waals surface area contributed by atoms with Gasteiger partial charge in [0.05, 0.1) is 11.1 Å². The largest absolute Gasteiger partial charge is 0.441 e. The first-order valence-electron chi connectivity index (χ1n) is 8.01. The Bertz CT molecular complexity index is 1030. The lowest BCUT2D eigenvalue weighted by molar-refractivity contribution is -0.138. The molecule has 0 spiro atoms. The zero-order valence-corrected chi connectivity index (χ0v) is 14.1. The molecule has 3 aromatic rings. The number of benzene rings is 2. The smallest absolute Gasteiger partial charge is 0.334 e. The number of carbonyl (C=O) groups is 3. The summed E-state index contributed by atoms with van der Waals surface area (Å²) in [5.74, 6) is -0.948. The number of hydrogen-bond donors (Lipinski definition) is 0. The molecule has 0 saturated carbocycles.